The minimum atomic E-state index is -0.326. The van der Waals surface area contributed by atoms with Gasteiger partial charge in [-0.2, -0.15) is 0 Å². The molecule has 0 amide bonds. The molecule has 2 aliphatic rings. The maximum absolute atomic E-state index is 10.2. The quantitative estimate of drug-likeness (QED) is 0.841. The summed E-state index contributed by atoms with van der Waals surface area (Å²) in [6.45, 7) is 6.97. The molecule has 2 atom stereocenters. The number of rotatable bonds is 6. The smallest absolute Gasteiger partial charge is 0.0791 e. The second-order valence-electron chi connectivity index (χ2n) is 6.93. The summed E-state index contributed by atoms with van der Waals surface area (Å²) < 4.78 is 5.34. The topological polar surface area (TPSA) is 44.7 Å². The molecule has 1 heterocycles. The summed E-state index contributed by atoms with van der Waals surface area (Å²) in [4.78, 5) is 2.28. The van der Waals surface area contributed by atoms with Gasteiger partial charge in [0.2, 0.25) is 0 Å². The van der Waals surface area contributed by atoms with Crippen molar-refractivity contribution in [3.63, 3.8) is 0 Å². The molecule has 0 spiro atoms. The molecule has 2 N–H and O–H groups in total. The maximum Gasteiger partial charge on any atom is 0.0791 e. The average molecular weight is 318 g/mol. The number of ether oxygens (including phenoxy) is 1. The first-order chi connectivity index (χ1) is 11.2. The summed E-state index contributed by atoms with van der Waals surface area (Å²) in [5, 5.41) is 13.7. The van der Waals surface area contributed by atoms with E-state index in [4.69, 9.17) is 4.74 Å². The number of aryl methyl sites for hydroxylation is 2. The van der Waals surface area contributed by atoms with Gasteiger partial charge in [0.05, 0.1) is 19.3 Å². The first kappa shape index (κ1) is 16.9. The Morgan fingerprint density at radius 3 is 2.70 bits per heavy atom. The number of aliphatic hydroxyl groups excluding tert-OH is 1. The van der Waals surface area contributed by atoms with Crippen molar-refractivity contribution in [2.24, 2.45) is 0 Å². The Labute approximate surface area is 139 Å². The lowest BCUT2D eigenvalue weighted by Crippen LogP contribution is -2.44. The standard InChI is InChI=1S/C19H30N2O2/c1-15(17-7-6-16-4-2-3-5-18(16)12-17)20-13-19(22)14-21-8-10-23-11-9-21/h6-7,12,15,19-20,22H,2-5,8-11,13-14H2,1H3. The second-order valence-corrected chi connectivity index (χ2v) is 6.93. The van der Waals surface area contributed by atoms with Crippen LogP contribution in [0.25, 0.3) is 0 Å². The molecular weight excluding hydrogens is 288 g/mol. The Morgan fingerprint density at radius 2 is 1.91 bits per heavy atom. The van der Waals surface area contributed by atoms with E-state index in [0.29, 0.717) is 6.54 Å². The maximum atomic E-state index is 10.2. The Kier molecular flexibility index (Phi) is 6.06. The fourth-order valence-corrected chi connectivity index (χ4v) is 3.60. The van der Waals surface area contributed by atoms with Gasteiger partial charge in [0.25, 0.3) is 0 Å². The number of aliphatic hydroxyl groups is 1. The van der Waals surface area contributed by atoms with Crippen LogP contribution in [0.5, 0.6) is 0 Å². The van der Waals surface area contributed by atoms with E-state index in [1.54, 1.807) is 0 Å². The van der Waals surface area contributed by atoms with Gasteiger partial charge in [-0.3, -0.25) is 4.90 Å². The van der Waals surface area contributed by atoms with Crippen LogP contribution in [-0.2, 0) is 17.6 Å². The highest BCUT2D eigenvalue weighted by Gasteiger charge is 2.16. The van der Waals surface area contributed by atoms with E-state index >= 15 is 0 Å². The molecule has 1 aromatic carbocycles. The molecule has 1 aromatic rings. The number of nitrogens with zero attached hydrogens (tertiary/aromatic N) is 1. The van der Waals surface area contributed by atoms with Crippen molar-refractivity contribution in [2.45, 2.75) is 44.8 Å². The van der Waals surface area contributed by atoms with Gasteiger partial charge >= 0.3 is 0 Å². The zero-order chi connectivity index (χ0) is 16.1. The average Bonchev–Trinajstić information content (AvgIpc) is 2.60. The van der Waals surface area contributed by atoms with Crippen molar-refractivity contribution >= 4 is 0 Å². The molecule has 23 heavy (non-hydrogen) atoms. The number of morpholine rings is 1. The van der Waals surface area contributed by atoms with Crippen molar-refractivity contribution in [3.05, 3.63) is 34.9 Å². The highest BCUT2D eigenvalue weighted by atomic mass is 16.5. The third-order valence-electron chi connectivity index (χ3n) is 5.10. The largest absolute Gasteiger partial charge is 0.390 e. The SMILES string of the molecule is CC(NCC(O)CN1CCOCC1)c1ccc2c(c1)CCCC2. The predicted octanol–water partition coefficient (Wildman–Crippen LogP) is 1.91. The normalized spacial score (nSPS) is 21.7. The molecule has 4 heteroatoms. The first-order valence-electron chi connectivity index (χ1n) is 9.05. The monoisotopic (exact) mass is 318 g/mol. The van der Waals surface area contributed by atoms with Crippen LogP contribution in [0.1, 0.15) is 42.5 Å². The highest BCUT2D eigenvalue weighted by Crippen LogP contribution is 2.24. The second kappa shape index (κ2) is 8.25. The Balaban J connectivity index is 1.47. The number of hydrogen-bond donors (Lipinski definition) is 2. The lowest BCUT2D eigenvalue weighted by Gasteiger charge is -2.29. The Morgan fingerprint density at radius 1 is 1.17 bits per heavy atom. The van der Waals surface area contributed by atoms with Crippen LogP contribution in [0.2, 0.25) is 0 Å². The third kappa shape index (κ3) is 4.77. The number of nitrogens with one attached hydrogen (secondary N) is 1. The van der Waals surface area contributed by atoms with E-state index in [1.807, 2.05) is 0 Å². The van der Waals surface area contributed by atoms with Crippen LogP contribution in [0.3, 0.4) is 0 Å². The molecule has 1 aliphatic heterocycles. The highest BCUT2D eigenvalue weighted by molar-refractivity contribution is 5.35. The Hall–Kier alpha value is -0.940. The molecule has 2 unspecified atom stereocenters. The van der Waals surface area contributed by atoms with Crippen molar-refractivity contribution in [1.29, 1.82) is 0 Å². The van der Waals surface area contributed by atoms with Crippen LogP contribution in [-0.4, -0.2) is 55.5 Å². The summed E-state index contributed by atoms with van der Waals surface area (Å²) in [6.07, 6.45) is 4.77. The van der Waals surface area contributed by atoms with Gasteiger partial charge in [0, 0.05) is 32.2 Å². The van der Waals surface area contributed by atoms with Crippen LogP contribution < -0.4 is 5.32 Å². The van der Waals surface area contributed by atoms with Crippen LogP contribution >= 0.6 is 0 Å². The fraction of sp³-hybridized carbons (Fsp3) is 0.684. The molecule has 0 radical (unpaired) electrons. The Bertz CT molecular complexity index is 500. The molecule has 1 saturated heterocycles. The van der Waals surface area contributed by atoms with Crippen LogP contribution in [0, 0.1) is 0 Å². The summed E-state index contributed by atoms with van der Waals surface area (Å²) in [5.74, 6) is 0. The number of benzene rings is 1. The molecule has 4 nitrogen and oxygen atoms in total. The summed E-state index contributed by atoms with van der Waals surface area (Å²) in [7, 11) is 0. The minimum absolute atomic E-state index is 0.279. The van der Waals surface area contributed by atoms with E-state index < -0.39 is 0 Å². The van der Waals surface area contributed by atoms with Crippen molar-refractivity contribution in [2.75, 3.05) is 39.4 Å². The molecule has 1 fully saturated rings. The summed E-state index contributed by atoms with van der Waals surface area (Å²) in [6, 6.07) is 7.18. The lowest BCUT2D eigenvalue weighted by molar-refractivity contribution is 0.0145. The fourth-order valence-electron chi connectivity index (χ4n) is 3.60. The summed E-state index contributed by atoms with van der Waals surface area (Å²) >= 11 is 0. The lowest BCUT2D eigenvalue weighted by atomic mass is 9.89. The van der Waals surface area contributed by atoms with Gasteiger partial charge < -0.3 is 15.2 Å². The van der Waals surface area contributed by atoms with Crippen LogP contribution in [0.15, 0.2) is 18.2 Å². The number of hydrogen-bond acceptors (Lipinski definition) is 4. The molecular formula is C19H30N2O2. The number of fused-ring (bicyclic) bond motifs is 1. The van der Waals surface area contributed by atoms with E-state index in [2.05, 4.69) is 35.3 Å². The molecule has 0 aromatic heterocycles. The summed E-state index contributed by atoms with van der Waals surface area (Å²) in [5.41, 5.74) is 4.39. The van der Waals surface area contributed by atoms with Gasteiger partial charge in [-0.15, -0.1) is 0 Å². The van der Waals surface area contributed by atoms with E-state index in [9.17, 15) is 5.11 Å². The van der Waals surface area contributed by atoms with E-state index in [1.165, 1.54) is 42.4 Å². The van der Waals surface area contributed by atoms with Gasteiger partial charge in [-0.1, -0.05) is 18.2 Å². The minimum Gasteiger partial charge on any atom is -0.390 e. The van der Waals surface area contributed by atoms with Gasteiger partial charge in [0.15, 0.2) is 0 Å². The molecule has 3 rings (SSSR count). The zero-order valence-corrected chi connectivity index (χ0v) is 14.3. The van der Waals surface area contributed by atoms with Gasteiger partial charge in [-0.05, 0) is 49.3 Å². The molecule has 0 bridgehead atoms. The molecule has 1 aliphatic carbocycles. The first-order valence-corrected chi connectivity index (χ1v) is 9.05. The number of β-amino-alcohol motifs (C(OH)–C–C–N with tert-alkyl or cyclic N) is 1. The third-order valence-corrected chi connectivity index (χ3v) is 5.10. The van der Waals surface area contributed by atoms with E-state index in [0.717, 1.165) is 32.8 Å². The molecule has 128 valence electrons. The zero-order valence-electron chi connectivity index (χ0n) is 14.3. The van der Waals surface area contributed by atoms with Gasteiger partial charge in [-0.25, -0.2) is 0 Å². The van der Waals surface area contributed by atoms with Crippen molar-refractivity contribution in [1.82, 2.24) is 10.2 Å². The molecule has 0 saturated carbocycles. The van der Waals surface area contributed by atoms with E-state index in [-0.39, 0.29) is 12.1 Å². The van der Waals surface area contributed by atoms with Gasteiger partial charge in [0.1, 0.15) is 0 Å². The van der Waals surface area contributed by atoms with Crippen molar-refractivity contribution in [3.8, 4) is 0 Å². The van der Waals surface area contributed by atoms with Crippen molar-refractivity contribution < 1.29 is 9.84 Å². The van der Waals surface area contributed by atoms with Crippen LogP contribution in [0.4, 0.5) is 0 Å². The predicted molar refractivity (Wildman–Crippen MR) is 92.8 cm³/mol.